The fourth-order valence-electron chi connectivity index (χ4n) is 18.0. The minimum atomic E-state index is -1.50. The van der Waals surface area contributed by atoms with Crippen molar-refractivity contribution in [2.24, 2.45) is 0 Å². The summed E-state index contributed by atoms with van der Waals surface area (Å²) in [5.41, 5.74) is 23.2. The van der Waals surface area contributed by atoms with E-state index in [1.807, 2.05) is 66.7 Å². The summed E-state index contributed by atoms with van der Waals surface area (Å²) >= 11 is 17.1. The zero-order valence-electron chi connectivity index (χ0n) is 70.8. The van der Waals surface area contributed by atoms with Crippen LogP contribution in [-0.4, -0.2) is 34.3 Å². The Balaban J connectivity index is 0.000000130. The molecule has 0 heterocycles. The second kappa shape index (κ2) is 39.6. The fraction of sp³-hybridized carbons (Fsp3) is 0. The van der Waals surface area contributed by atoms with Crippen molar-refractivity contribution in [3.05, 3.63) is 489 Å². The molecule has 0 fully saturated rings. The van der Waals surface area contributed by atoms with Crippen molar-refractivity contribution in [3.8, 4) is 100 Å². The molecule has 4 N–H and O–H groups in total. The van der Waals surface area contributed by atoms with Gasteiger partial charge >= 0.3 is 14.2 Å². The van der Waals surface area contributed by atoms with Crippen molar-refractivity contribution in [1.82, 2.24) is 0 Å². The molecule has 0 saturated carbocycles. The molecule has 0 radical (unpaired) electrons. The highest BCUT2D eigenvalue weighted by atomic mass is 79.9. The van der Waals surface area contributed by atoms with Gasteiger partial charge in [-0.1, -0.05) is 462 Å². The van der Waals surface area contributed by atoms with Crippen LogP contribution in [0.4, 0.5) is 0 Å². The lowest BCUT2D eigenvalue weighted by molar-refractivity contribution is 0.425. The fourth-order valence-corrected chi connectivity index (χ4v) is 19.6. The average molecular weight is 2010 g/mol. The average Bonchev–Trinajstić information content (AvgIpc) is 0.751. The van der Waals surface area contributed by atoms with Gasteiger partial charge < -0.3 is 20.1 Å². The first-order valence-corrected chi connectivity index (χ1v) is 47.3. The van der Waals surface area contributed by atoms with Crippen LogP contribution in [-0.2, 0) is 0 Å². The van der Waals surface area contributed by atoms with Crippen molar-refractivity contribution in [2.45, 2.75) is 0 Å². The van der Waals surface area contributed by atoms with E-state index in [0.717, 1.165) is 55.0 Å². The van der Waals surface area contributed by atoms with Gasteiger partial charge in [0.25, 0.3) is 0 Å². The Bertz CT molecular complexity index is 7570. The third kappa shape index (κ3) is 19.0. The minimum Gasteiger partial charge on any atom is -0.423 e. The molecular formula is C120H81B2Br5O4. The first kappa shape index (κ1) is 87.1. The van der Waals surface area contributed by atoms with Crippen molar-refractivity contribution in [2.75, 3.05) is 0 Å². The van der Waals surface area contributed by atoms with Gasteiger partial charge in [0.1, 0.15) is 0 Å². The monoisotopic (exact) mass is 2000 g/mol. The van der Waals surface area contributed by atoms with Crippen LogP contribution in [0.15, 0.2) is 489 Å². The Kier molecular flexibility index (Phi) is 26.3. The SMILES string of the molecule is Brc1ccc(-c2ccc3cc(-c4ccc(Br)cc4)ccc3c2)cc1.Brc1ccc2cc(Br)ccc2c1.OB(O)c1c2ccccc2c(-c2ccccc2)c2ccccc12.OB(O)c1ccc(Br)cc1.c1ccc(-c2c3ccccc3c(-c3ccc(-c4ccc5cc(-c6ccc(-c7c8ccccc8c(-c8ccccc8)c8ccccc78)cc6)ccc5c4)cc3)c3ccccc23)cc1. The molecule has 11 heteroatoms. The smallest absolute Gasteiger partial charge is 0.423 e. The van der Waals surface area contributed by atoms with Crippen molar-refractivity contribution in [3.63, 3.8) is 0 Å². The first-order chi connectivity index (χ1) is 64.2. The van der Waals surface area contributed by atoms with E-state index in [1.165, 1.54) is 164 Å². The summed E-state index contributed by atoms with van der Waals surface area (Å²) < 4.78 is 5.38. The Labute approximate surface area is 804 Å². The molecule has 0 amide bonds. The van der Waals surface area contributed by atoms with E-state index in [2.05, 4.69) is 456 Å². The maximum atomic E-state index is 9.94. The summed E-state index contributed by atoms with van der Waals surface area (Å²) in [5.74, 6) is 0. The number of hydrogen-bond acceptors (Lipinski definition) is 4. The van der Waals surface area contributed by atoms with E-state index in [9.17, 15) is 10.0 Å². The number of benzene rings is 23. The molecule has 23 aromatic carbocycles. The molecule has 0 unspecified atom stereocenters. The van der Waals surface area contributed by atoms with Crippen LogP contribution in [0.2, 0.25) is 0 Å². The predicted octanol–water partition coefficient (Wildman–Crippen LogP) is 33.0. The Morgan fingerprint density at radius 3 is 0.557 bits per heavy atom. The summed E-state index contributed by atoms with van der Waals surface area (Å²) in [4.78, 5) is 0. The van der Waals surface area contributed by atoms with Crippen LogP contribution in [0.25, 0.3) is 197 Å². The number of hydrogen-bond donors (Lipinski definition) is 4. The summed E-state index contributed by atoms with van der Waals surface area (Å²) in [6, 6.07) is 165. The topological polar surface area (TPSA) is 80.9 Å². The van der Waals surface area contributed by atoms with Crippen LogP contribution in [0.5, 0.6) is 0 Å². The van der Waals surface area contributed by atoms with Gasteiger partial charge in [-0.2, -0.15) is 0 Å². The molecule has 4 nitrogen and oxygen atoms in total. The molecule has 0 spiro atoms. The standard InChI is InChI=1S/C62H40.C22H14Br2.C20H15BO2.C10H6Br2.C6H6BBrO2/c1-3-15-43(16-4-1)59-51-19-7-11-23-55(51)61(56-24-12-8-20-52(56)59)45-31-27-41(28-32-45)47-35-37-50-40-48(36-38-49(50)39-47)42-29-33-46(34-30-42)62-57-25-13-9-21-53(57)60(44-17-5-2-6-18-44)54-22-10-14-26-58(54)62;23-21-9-5-15(6-10-21)17-1-3-19-14-18(2-4-20(19)13-17)16-7-11-22(24)12-8-16;22-21(23)20-17-12-6-4-10-15(17)19(14-8-2-1-3-9-14)16-11-5-7-13-18(16)20;11-9-3-1-7-5-10(12)4-2-8(7)6-9;8-6-3-1-5(2-4-6)7(9)10/h1-40H;1-14H;1-13,22-23H;1-6H;1-4,9-10H. The normalized spacial score (nSPS) is 11.1. The van der Waals surface area contributed by atoms with Crippen LogP contribution in [0.1, 0.15) is 0 Å². The lowest BCUT2D eigenvalue weighted by atomic mass is 9.72. The van der Waals surface area contributed by atoms with E-state index in [1.54, 1.807) is 24.3 Å². The van der Waals surface area contributed by atoms with Gasteiger partial charge in [0.2, 0.25) is 0 Å². The third-order valence-electron chi connectivity index (χ3n) is 24.3. The zero-order chi connectivity index (χ0) is 89.4. The molecule has 0 aromatic heterocycles. The van der Waals surface area contributed by atoms with Crippen molar-refractivity contribution >= 4 is 202 Å². The second-order valence-electron chi connectivity index (χ2n) is 32.3. The van der Waals surface area contributed by atoms with Gasteiger partial charge in [0.15, 0.2) is 0 Å². The summed E-state index contributed by atoms with van der Waals surface area (Å²) in [7, 11) is -2.87. The van der Waals surface area contributed by atoms with Gasteiger partial charge in [-0.05, 0) is 293 Å². The predicted molar refractivity (Wildman–Crippen MR) is 577 cm³/mol. The minimum absolute atomic E-state index is 0.503. The Hall–Kier alpha value is -13.2. The molecule has 23 rings (SSSR count). The van der Waals surface area contributed by atoms with Crippen LogP contribution in [0.3, 0.4) is 0 Å². The van der Waals surface area contributed by atoms with Crippen molar-refractivity contribution in [1.29, 1.82) is 0 Å². The summed E-state index contributed by atoms with van der Waals surface area (Å²) in [6.45, 7) is 0. The van der Waals surface area contributed by atoms with Gasteiger partial charge in [0, 0.05) is 22.4 Å². The van der Waals surface area contributed by atoms with E-state index >= 15 is 0 Å². The molecule has 0 aliphatic heterocycles. The number of halogens is 5. The van der Waals surface area contributed by atoms with Crippen molar-refractivity contribution < 1.29 is 20.1 Å². The van der Waals surface area contributed by atoms with E-state index in [4.69, 9.17) is 10.0 Å². The first-order valence-electron chi connectivity index (χ1n) is 43.3. The van der Waals surface area contributed by atoms with Crippen LogP contribution >= 0.6 is 79.6 Å². The third-order valence-corrected chi connectivity index (χ3v) is 26.8. The van der Waals surface area contributed by atoms with Gasteiger partial charge in [-0.3, -0.25) is 0 Å². The Morgan fingerprint density at radius 1 is 0.137 bits per heavy atom. The summed E-state index contributed by atoms with van der Waals surface area (Å²) in [5, 5.41) is 58.7. The van der Waals surface area contributed by atoms with Gasteiger partial charge in [0.05, 0.1) is 0 Å². The molecule has 131 heavy (non-hydrogen) atoms. The molecule has 0 aliphatic carbocycles. The molecule has 23 aromatic rings. The number of fused-ring (bicyclic) bond motifs is 9. The quantitative estimate of drug-likeness (QED) is 0.0768. The van der Waals surface area contributed by atoms with Gasteiger partial charge in [-0.25, -0.2) is 0 Å². The van der Waals surface area contributed by atoms with Gasteiger partial charge in [-0.15, -0.1) is 0 Å². The van der Waals surface area contributed by atoms with E-state index < -0.39 is 14.2 Å². The largest absolute Gasteiger partial charge is 0.489 e. The lowest BCUT2D eigenvalue weighted by Gasteiger charge is -2.18. The maximum absolute atomic E-state index is 9.94. The summed E-state index contributed by atoms with van der Waals surface area (Å²) in [6.07, 6.45) is 0. The molecule has 626 valence electrons. The Morgan fingerprint density at radius 2 is 0.313 bits per heavy atom. The highest BCUT2D eigenvalue weighted by Gasteiger charge is 2.24. The van der Waals surface area contributed by atoms with Crippen LogP contribution in [0, 0.1) is 0 Å². The molecular weight excluding hydrogens is 1930 g/mol. The maximum Gasteiger partial charge on any atom is 0.489 e. The number of rotatable bonds is 11. The zero-order valence-corrected chi connectivity index (χ0v) is 78.7. The molecule has 0 bridgehead atoms. The highest BCUT2D eigenvalue weighted by molar-refractivity contribution is 9.11. The lowest BCUT2D eigenvalue weighted by Crippen LogP contribution is -2.31. The second-order valence-corrected chi connectivity index (χ2v) is 36.9. The molecule has 0 atom stereocenters. The molecule has 0 aliphatic rings. The van der Waals surface area contributed by atoms with Crippen LogP contribution < -0.4 is 10.9 Å². The van der Waals surface area contributed by atoms with E-state index in [0.29, 0.717) is 10.9 Å². The van der Waals surface area contributed by atoms with E-state index in [-0.39, 0.29) is 0 Å². The highest BCUT2D eigenvalue weighted by Crippen LogP contribution is 2.47. The molecule has 0 saturated heterocycles.